The molecule has 0 N–H and O–H groups in total. The van der Waals surface area contributed by atoms with Gasteiger partial charge >= 0.3 is 0 Å². The summed E-state index contributed by atoms with van der Waals surface area (Å²) in [6.07, 6.45) is 5.39. The normalized spacial score (nSPS) is 40.7. The Morgan fingerprint density at radius 3 is 2.90 bits per heavy atom. The smallest absolute Gasteiger partial charge is 0.0305 e. The van der Waals surface area contributed by atoms with Crippen molar-refractivity contribution in [3.63, 3.8) is 0 Å². The summed E-state index contributed by atoms with van der Waals surface area (Å²) in [4.78, 5) is 2.51. The summed E-state index contributed by atoms with van der Waals surface area (Å²) >= 11 is 0. The van der Waals surface area contributed by atoms with Crippen LogP contribution in [0, 0.1) is 0 Å². The minimum Gasteiger partial charge on any atom is -0.297 e. The second-order valence-electron chi connectivity index (χ2n) is 3.61. The van der Waals surface area contributed by atoms with Crippen LogP contribution in [-0.2, 0) is 0 Å². The lowest BCUT2D eigenvalue weighted by Crippen LogP contribution is -2.37. The lowest BCUT2D eigenvalue weighted by atomic mass is 9.99. The summed E-state index contributed by atoms with van der Waals surface area (Å²) in [7, 11) is 2.24. The van der Waals surface area contributed by atoms with Gasteiger partial charge in [-0.15, -0.1) is 0 Å². The highest BCUT2D eigenvalue weighted by Crippen LogP contribution is 2.36. The quantitative estimate of drug-likeness (QED) is 0.460. The molecule has 1 nitrogen and oxygen atoms in total. The molecule has 0 aromatic heterocycles. The van der Waals surface area contributed by atoms with Crippen LogP contribution in [0.4, 0.5) is 0 Å². The van der Waals surface area contributed by atoms with Gasteiger partial charge in [0.05, 0.1) is 0 Å². The van der Waals surface area contributed by atoms with Gasteiger partial charge in [0.1, 0.15) is 0 Å². The van der Waals surface area contributed by atoms with Crippen molar-refractivity contribution in [2.24, 2.45) is 0 Å². The van der Waals surface area contributed by atoms with E-state index in [0.29, 0.717) is 0 Å². The van der Waals surface area contributed by atoms with Crippen LogP contribution in [0.2, 0.25) is 0 Å². The zero-order chi connectivity index (χ0) is 7.14. The Morgan fingerprint density at radius 1 is 1.40 bits per heavy atom. The Balaban J connectivity index is 2.20. The number of rotatable bonds is 0. The molecule has 2 saturated heterocycles. The summed E-state index contributed by atoms with van der Waals surface area (Å²) in [5, 5.41) is 0. The molecule has 0 spiro atoms. The lowest BCUT2D eigenvalue weighted by Gasteiger charge is -2.32. The Hall–Kier alpha value is -0.300. The van der Waals surface area contributed by atoms with Crippen LogP contribution < -0.4 is 0 Å². The van der Waals surface area contributed by atoms with Gasteiger partial charge in [0, 0.05) is 12.1 Å². The number of piperidine rings is 1. The maximum atomic E-state index is 4.10. The van der Waals surface area contributed by atoms with Crippen LogP contribution >= 0.6 is 0 Å². The highest BCUT2D eigenvalue weighted by Gasteiger charge is 2.35. The van der Waals surface area contributed by atoms with Crippen molar-refractivity contribution < 1.29 is 0 Å². The molecule has 0 aliphatic carbocycles. The third kappa shape index (κ3) is 0.734. The van der Waals surface area contributed by atoms with E-state index in [1.165, 1.54) is 31.3 Å². The van der Waals surface area contributed by atoms with Crippen LogP contribution in [0.5, 0.6) is 0 Å². The van der Waals surface area contributed by atoms with E-state index in [1.54, 1.807) is 0 Å². The molecule has 0 radical (unpaired) electrons. The minimum absolute atomic E-state index is 0.735. The van der Waals surface area contributed by atoms with E-state index in [2.05, 4.69) is 18.5 Å². The fourth-order valence-electron chi connectivity index (χ4n) is 2.37. The van der Waals surface area contributed by atoms with Crippen molar-refractivity contribution in [3.05, 3.63) is 12.2 Å². The maximum Gasteiger partial charge on any atom is 0.0305 e. The molecule has 2 atom stereocenters. The summed E-state index contributed by atoms with van der Waals surface area (Å²) < 4.78 is 0. The van der Waals surface area contributed by atoms with E-state index in [1.807, 2.05) is 0 Å². The van der Waals surface area contributed by atoms with Crippen LogP contribution in [0.1, 0.15) is 25.7 Å². The van der Waals surface area contributed by atoms with Gasteiger partial charge in [-0.3, -0.25) is 4.90 Å². The van der Waals surface area contributed by atoms with E-state index in [0.717, 1.165) is 12.1 Å². The first-order valence-corrected chi connectivity index (χ1v) is 4.18. The Morgan fingerprint density at radius 2 is 2.20 bits per heavy atom. The monoisotopic (exact) mass is 137 g/mol. The van der Waals surface area contributed by atoms with Crippen LogP contribution in [0.25, 0.3) is 0 Å². The first kappa shape index (κ1) is 6.41. The molecule has 2 fully saturated rings. The van der Waals surface area contributed by atoms with Gasteiger partial charge in [-0.1, -0.05) is 12.2 Å². The second kappa shape index (κ2) is 2.09. The molecule has 1 heteroatoms. The average Bonchev–Trinajstić information content (AvgIpc) is 2.13. The molecule has 2 bridgehead atoms. The summed E-state index contributed by atoms with van der Waals surface area (Å²) in [5.74, 6) is 0. The van der Waals surface area contributed by atoms with Crippen LogP contribution in [-0.4, -0.2) is 24.0 Å². The van der Waals surface area contributed by atoms with Crippen molar-refractivity contribution in [1.82, 2.24) is 4.90 Å². The summed E-state index contributed by atoms with van der Waals surface area (Å²) in [6.45, 7) is 4.10. The summed E-state index contributed by atoms with van der Waals surface area (Å²) in [5.41, 5.74) is 1.47. The SMILES string of the molecule is C=C1CCC2CCC1N2C. The molecule has 2 heterocycles. The van der Waals surface area contributed by atoms with Crippen molar-refractivity contribution in [2.45, 2.75) is 37.8 Å². The van der Waals surface area contributed by atoms with Gasteiger partial charge in [-0.05, 0) is 32.7 Å². The number of fused-ring (bicyclic) bond motifs is 2. The molecular weight excluding hydrogens is 122 g/mol. The number of nitrogens with zero attached hydrogens (tertiary/aromatic N) is 1. The predicted octanol–water partition coefficient (Wildman–Crippen LogP) is 1.80. The predicted molar refractivity (Wildman–Crippen MR) is 42.9 cm³/mol. The van der Waals surface area contributed by atoms with Crippen molar-refractivity contribution >= 4 is 0 Å². The summed E-state index contributed by atoms with van der Waals surface area (Å²) in [6, 6.07) is 1.62. The molecule has 0 saturated carbocycles. The Kier molecular flexibility index (Phi) is 1.34. The zero-order valence-electron chi connectivity index (χ0n) is 6.64. The molecule has 0 amide bonds. The Bertz CT molecular complexity index is 162. The van der Waals surface area contributed by atoms with Gasteiger partial charge in [0.2, 0.25) is 0 Å². The van der Waals surface area contributed by atoms with Crippen molar-refractivity contribution in [1.29, 1.82) is 0 Å². The van der Waals surface area contributed by atoms with E-state index < -0.39 is 0 Å². The highest BCUT2D eigenvalue weighted by atomic mass is 15.2. The standard InChI is InChI=1S/C9H15N/c1-7-3-4-8-5-6-9(7)10(8)2/h8-9H,1,3-6H2,2H3. The minimum atomic E-state index is 0.735. The number of hydrogen-bond acceptors (Lipinski definition) is 1. The largest absolute Gasteiger partial charge is 0.297 e. The molecule has 56 valence electrons. The number of hydrogen-bond donors (Lipinski definition) is 0. The third-order valence-corrected chi connectivity index (χ3v) is 3.11. The number of likely N-dealkylation sites (N-methyl/N-ethyl adjacent to an activating group) is 1. The van der Waals surface area contributed by atoms with Crippen molar-refractivity contribution in [3.8, 4) is 0 Å². The van der Waals surface area contributed by atoms with Crippen LogP contribution in [0.3, 0.4) is 0 Å². The first-order valence-electron chi connectivity index (χ1n) is 4.18. The fourth-order valence-corrected chi connectivity index (χ4v) is 2.37. The molecule has 2 aliphatic heterocycles. The topological polar surface area (TPSA) is 3.24 Å². The second-order valence-corrected chi connectivity index (χ2v) is 3.61. The molecule has 2 unspecified atom stereocenters. The van der Waals surface area contributed by atoms with Crippen LogP contribution in [0.15, 0.2) is 12.2 Å². The fraction of sp³-hybridized carbons (Fsp3) is 0.778. The molecular formula is C9H15N. The van der Waals surface area contributed by atoms with Gasteiger partial charge in [-0.2, -0.15) is 0 Å². The molecule has 2 aliphatic rings. The van der Waals surface area contributed by atoms with Gasteiger partial charge in [0.15, 0.2) is 0 Å². The molecule has 10 heavy (non-hydrogen) atoms. The average molecular weight is 137 g/mol. The Labute approximate surface area is 62.7 Å². The third-order valence-electron chi connectivity index (χ3n) is 3.11. The van der Waals surface area contributed by atoms with Gasteiger partial charge in [-0.25, -0.2) is 0 Å². The lowest BCUT2D eigenvalue weighted by molar-refractivity contribution is 0.222. The maximum absolute atomic E-state index is 4.10. The van der Waals surface area contributed by atoms with Crippen molar-refractivity contribution in [2.75, 3.05) is 7.05 Å². The zero-order valence-corrected chi connectivity index (χ0v) is 6.64. The van der Waals surface area contributed by atoms with Gasteiger partial charge < -0.3 is 0 Å². The highest BCUT2D eigenvalue weighted by molar-refractivity contribution is 5.14. The first-order chi connectivity index (χ1) is 4.79. The molecule has 2 rings (SSSR count). The van der Waals surface area contributed by atoms with E-state index >= 15 is 0 Å². The molecule has 0 aromatic rings. The van der Waals surface area contributed by atoms with E-state index in [-0.39, 0.29) is 0 Å². The molecule has 0 aromatic carbocycles. The van der Waals surface area contributed by atoms with E-state index in [4.69, 9.17) is 0 Å². The van der Waals surface area contributed by atoms with Gasteiger partial charge in [0.25, 0.3) is 0 Å². The van der Waals surface area contributed by atoms with E-state index in [9.17, 15) is 0 Å².